The third-order valence-electron chi connectivity index (χ3n) is 3.18. The van der Waals surface area contributed by atoms with Crippen LogP contribution in [0.5, 0.6) is 0 Å². The topological polar surface area (TPSA) is 58.6 Å². The quantitative estimate of drug-likeness (QED) is 0.883. The standard InChI is InChI=1S/C14H17BrN2O3/c1-9-5-10(7-11(15)6-9)14(19)17-3-4-20-12(8-17)13(18)16-2/h5-7,12H,3-4,8H2,1-2H3,(H,16,18). The summed E-state index contributed by atoms with van der Waals surface area (Å²) in [7, 11) is 1.56. The van der Waals surface area contributed by atoms with Gasteiger partial charge in [0.2, 0.25) is 0 Å². The number of rotatable bonds is 2. The maximum Gasteiger partial charge on any atom is 0.254 e. The molecule has 1 atom stereocenters. The van der Waals surface area contributed by atoms with E-state index in [1.54, 1.807) is 18.0 Å². The number of morpholine rings is 1. The number of hydrogen-bond donors (Lipinski definition) is 1. The van der Waals surface area contributed by atoms with Gasteiger partial charge in [-0.25, -0.2) is 0 Å². The summed E-state index contributed by atoms with van der Waals surface area (Å²) < 4.78 is 6.25. The summed E-state index contributed by atoms with van der Waals surface area (Å²) in [6, 6.07) is 5.58. The fourth-order valence-electron chi connectivity index (χ4n) is 2.20. The minimum atomic E-state index is -0.592. The molecule has 6 heteroatoms. The third-order valence-corrected chi connectivity index (χ3v) is 3.64. The Morgan fingerprint density at radius 2 is 2.15 bits per heavy atom. The highest BCUT2D eigenvalue weighted by molar-refractivity contribution is 9.10. The number of aryl methyl sites for hydroxylation is 1. The largest absolute Gasteiger partial charge is 0.365 e. The molecule has 0 aromatic heterocycles. The number of amides is 2. The van der Waals surface area contributed by atoms with Gasteiger partial charge in [-0.2, -0.15) is 0 Å². The molecule has 0 spiro atoms. The predicted molar refractivity (Wildman–Crippen MR) is 78.6 cm³/mol. The van der Waals surface area contributed by atoms with Crippen LogP contribution in [0, 0.1) is 6.92 Å². The molecule has 0 saturated carbocycles. The van der Waals surface area contributed by atoms with Crippen molar-refractivity contribution in [1.82, 2.24) is 10.2 Å². The lowest BCUT2D eigenvalue weighted by Crippen LogP contribution is -2.51. The van der Waals surface area contributed by atoms with Crippen molar-refractivity contribution in [2.24, 2.45) is 0 Å². The summed E-state index contributed by atoms with van der Waals surface area (Å²) in [6.45, 7) is 3.09. The van der Waals surface area contributed by atoms with Gasteiger partial charge in [0.05, 0.1) is 13.2 Å². The zero-order valence-corrected chi connectivity index (χ0v) is 13.1. The molecule has 1 aromatic rings. The predicted octanol–water partition coefficient (Wildman–Crippen LogP) is 1.34. The molecule has 1 heterocycles. The molecule has 1 N–H and O–H groups in total. The Bertz CT molecular complexity index is 513. The van der Waals surface area contributed by atoms with Crippen LogP contribution in [0.2, 0.25) is 0 Å². The number of carbonyl (C=O) groups excluding carboxylic acids is 2. The average Bonchev–Trinajstić information content (AvgIpc) is 2.44. The number of halogens is 1. The molecule has 0 bridgehead atoms. The van der Waals surface area contributed by atoms with Gasteiger partial charge in [-0.1, -0.05) is 15.9 Å². The number of ether oxygens (including phenoxy) is 1. The van der Waals surface area contributed by atoms with Crippen LogP contribution in [-0.4, -0.2) is 49.6 Å². The van der Waals surface area contributed by atoms with E-state index in [0.717, 1.165) is 10.0 Å². The molecule has 2 rings (SSSR count). The van der Waals surface area contributed by atoms with Crippen molar-refractivity contribution in [2.45, 2.75) is 13.0 Å². The normalized spacial score (nSPS) is 18.8. The number of carbonyl (C=O) groups is 2. The number of benzene rings is 1. The van der Waals surface area contributed by atoms with Gasteiger partial charge in [0.25, 0.3) is 11.8 Å². The van der Waals surface area contributed by atoms with Gasteiger partial charge in [-0.05, 0) is 30.7 Å². The number of nitrogens with one attached hydrogen (secondary N) is 1. The van der Waals surface area contributed by atoms with Crippen molar-refractivity contribution in [3.05, 3.63) is 33.8 Å². The van der Waals surface area contributed by atoms with Crippen molar-refractivity contribution in [1.29, 1.82) is 0 Å². The van der Waals surface area contributed by atoms with E-state index in [9.17, 15) is 9.59 Å². The van der Waals surface area contributed by atoms with Crippen molar-refractivity contribution in [3.63, 3.8) is 0 Å². The van der Waals surface area contributed by atoms with Gasteiger partial charge in [0, 0.05) is 23.6 Å². The first-order valence-corrected chi connectivity index (χ1v) is 7.20. The fraction of sp³-hybridized carbons (Fsp3) is 0.429. The Morgan fingerprint density at radius 1 is 1.40 bits per heavy atom. The first-order chi connectivity index (χ1) is 9.51. The van der Waals surface area contributed by atoms with E-state index < -0.39 is 6.10 Å². The Morgan fingerprint density at radius 3 is 2.80 bits per heavy atom. The molecule has 108 valence electrons. The molecule has 1 aliphatic heterocycles. The molecule has 5 nitrogen and oxygen atoms in total. The molecular formula is C14H17BrN2O3. The van der Waals surface area contributed by atoms with Crippen LogP contribution in [0.1, 0.15) is 15.9 Å². The van der Waals surface area contributed by atoms with E-state index in [1.807, 2.05) is 19.1 Å². The summed E-state index contributed by atoms with van der Waals surface area (Å²) in [5.74, 6) is -0.278. The van der Waals surface area contributed by atoms with Crippen LogP contribution >= 0.6 is 15.9 Å². The number of likely N-dealkylation sites (N-methyl/N-ethyl adjacent to an activating group) is 1. The van der Waals surface area contributed by atoms with E-state index in [4.69, 9.17) is 4.74 Å². The van der Waals surface area contributed by atoms with E-state index >= 15 is 0 Å². The van der Waals surface area contributed by atoms with Crippen LogP contribution in [-0.2, 0) is 9.53 Å². The van der Waals surface area contributed by atoms with E-state index in [2.05, 4.69) is 21.2 Å². The van der Waals surface area contributed by atoms with Crippen LogP contribution in [0.3, 0.4) is 0 Å². The number of hydrogen-bond acceptors (Lipinski definition) is 3. The Hall–Kier alpha value is -1.40. The Balaban J connectivity index is 2.14. The van der Waals surface area contributed by atoms with Gasteiger partial charge in [0.1, 0.15) is 0 Å². The SMILES string of the molecule is CNC(=O)C1CN(C(=O)c2cc(C)cc(Br)c2)CCO1. The van der Waals surface area contributed by atoms with Crippen LogP contribution in [0.4, 0.5) is 0 Å². The first kappa shape index (κ1) is 15.0. The van der Waals surface area contributed by atoms with Crippen molar-refractivity contribution in [3.8, 4) is 0 Å². The maximum absolute atomic E-state index is 12.5. The fourth-order valence-corrected chi connectivity index (χ4v) is 2.80. The third kappa shape index (κ3) is 3.37. The average molecular weight is 341 g/mol. The summed E-state index contributed by atoms with van der Waals surface area (Å²) in [5.41, 5.74) is 1.63. The van der Waals surface area contributed by atoms with Crippen LogP contribution < -0.4 is 5.32 Å². The van der Waals surface area contributed by atoms with E-state index in [-0.39, 0.29) is 18.4 Å². The summed E-state index contributed by atoms with van der Waals surface area (Å²) >= 11 is 3.39. The first-order valence-electron chi connectivity index (χ1n) is 6.41. The van der Waals surface area contributed by atoms with E-state index in [1.165, 1.54) is 0 Å². The second-order valence-electron chi connectivity index (χ2n) is 4.74. The molecule has 1 aliphatic rings. The minimum Gasteiger partial charge on any atom is -0.365 e. The molecule has 20 heavy (non-hydrogen) atoms. The smallest absolute Gasteiger partial charge is 0.254 e. The summed E-state index contributed by atoms with van der Waals surface area (Å²) in [6.07, 6.45) is -0.592. The molecule has 1 unspecified atom stereocenters. The molecule has 0 radical (unpaired) electrons. The number of nitrogens with zero attached hydrogens (tertiary/aromatic N) is 1. The van der Waals surface area contributed by atoms with Gasteiger partial charge in [-0.3, -0.25) is 9.59 Å². The molecule has 1 saturated heterocycles. The maximum atomic E-state index is 12.5. The molecule has 0 aliphatic carbocycles. The van der Waals surface area contributed by atoms with E-state index in [0.29, 0.717) is 18.7 Å². The lowest BCUT2D eigenvalue weighted by Gasteiger charge is -2.32. The zero-order valence-electron chi connectivity index (χ0n) is 11.5. The van der Waals surface area contributed by atoms with Crippen molar-refractivity contribution in [2.75, 3.05) is 26.7 Å². The summed E-state index contributed by atoms with van der Waals surface area (Å²) in [4.78, 5) is 25.7. The highest BCUT2D eigenvalue weighted by Gasteiger charge is 2.29. The monoisotopic (exact) mass is 340 g/mol. The second-order valence-corrected chi connectivity index (χ2v) is 5.66. The van der Waals surface area contributed by atoms with Crippen LogP contribution in [0.25, 0.3) is 0 Å². The molecule has 2 amide bonds. The lowest BCUT2D eigenvalue weighted by atomic mass is 10.1. The zero-order chi connectivity index (χ0) is 14.7. The van der Waals surface area contributed by atoms with Crippen LogP contribution in [0.15, 0.2) is 22.7 Å². The van der Waals surface area contributed by atoms with Gasteiger partial charge < -0.3 is 15.0 Å². The van der Waals surface area contributed by atoms with Gasteiger partial charge in [-0.15, -0.1) is 0 Å². The van der Waals surface area contributed by atoms with Gasteiger partial charge >= 0.3 is 0 Å². The lowest BCUT2D eigenvalue weighted by molar-refractivity contribution is -0.136. The second kappa shape index (κ2) is 6.37. The molecular weight excluding hydrogens is 324 g/mol. The Kier molecular flexibility index (Phi) is 4.77. The van der Waals surface area contributed by atoms with Gasteiger partial charge in [0.15, 0.2) is 6.10 Å². The highest BCUT2D eigenvalue weighted by Crippen LogP contribution is 2.18. The highest BCUT2D eigenvalue weighted by atomic mass is 79.9. The van der Waals surface area contributed by atoms with Crippen molar-refractivity contribution >= 4 is 27.7 Å². The van der Waals surface area contributed by atoms with Crippen molar-refractivity contribution < 1.29 is 14.3 Å². The molecule has 1 fully saturated rings. The summed E-state index contributed by atoms with van der Waals surface area (Å²) in [5, 5.41) is 2.54. The minimum absolute atomic E-state index is 0.0772. The molecule has 1 aromatic carbocycles. The Labute approximate surface area is 126 Å².